The largest absolute Gasteiger partial charge is 0.288 e. The predicted octanol–water partition coefficient (Wildman–Crippen LogP) is 1.41. The van der Waals surface area contributed by atoms with Gasteiger partial charge in [-0.05, 0) is 34.7 Å². The molecular weight excluding hydrogens is 244 g/mol. The first-order chi connectivity index (χ1) is 7.59. The van der Waals surface area contributed by atoms with Crippen LogP contribution in [0.1, 0.15) is 6.92 Å². The molecule has 0 aliphatic carbocycles. The molecule has 2 rings (SSSR count). The van der Waals surface area contributed by atoms with Crippen LogP contribution in [-0.4, -0.2) is 25.3 Å². The Morgan fingerprint density at radius 1 is 1.31 bits per heavy atom. The predicted molar refractivity (Wildman–Crippen MR) is 66.1 cm³/mol. The van der Waals surface area contributed by atoms with Gasteiger partial charge in [-0.2, -0.15) is 0 Å². The van der Waals surface area contributed by atoms with Crippen LogP contribution >= 0.6 is 25.3 Å². The lowest BCUT2D eigenvalue weighted by atomic mass is 10.3. The van der Waals surface area contributed by atoms with E-state index in [9.17, 15) is 4.79 Å². The third kappa shape index (κ3) is 4.45. The van der Waals surface area contributed by atoms with Crippen LogP contribution in [0.4, 0.5) is 0 Å². The topological polar surface area (TPSA) is 60.7 Å². The minimum Gasteiger partial charge on any atom is -0.288 e. The number of hydrogen-bond donors (Lipinski definition) is 2. The number of benzene rings is 1. The van der Waals surface area contributed by atoms with E-state index in [0.29, 0.717) is 0 Å². The van der Waals surface area contributed by atoms with Crippen molar-refractivity contribution in [3.8, 4) is 5.69 Å². The molecule has 0 radical (unpaired) electrons. The summed E-state index contributed by atoms with van der Waals surface area (Å²) in [6, 6.07) is 7.58. The fourth-order valence-electron chi connectivity index (χ4n) is 0.885. The average molecular weight is 254 g/mol. The summed E-state index contributed by atoms with van der Waals surface area (Å²) in [4.78, 5) is 10.2. The smallest absolute Gasteiger partial charge is 0.182 e. The highest BCUT2D eigenvalue weighted by Gasteiger charge is 1.95. The van der Waals surface area contributed by atoms with Gasteiger partial charge in [0.25, 0.3) is 0 Å². The zero-order valence-corrected chi connectivity index (χ0v) is 10.3. The quantitative estimate of drug-likeness (QED) is 0.755. The first-order valence-electron chi connectivity index (χ1n) is 4.31. The summed E-state index contributed by atoms with van der Waals surface area (Å²) in [5.41, 5.74) is 0.929. The molecule has 0 amide bonds. The number of rotatable bonds is 1. The Morgan fingerprint density at radius 3 is 2.31 bits per heavy atom. The zero-order chi connectivity index (χ0) is 12.0. The molecule has 0 aliphatic rings. The second kappa shape index (κ2) is 6.29. The van der Waals surface area contributed by atoms with Gasteiger partial charge in [-0.15, -0.1) is 30.4 Å². The van der Waals surface area contributed by atoms with Gasteiger partial charge in [0.2, 0.25) is 0 Å². The summed E-state index contributed by atoms with van der Waals surface area (Å²) in [7, 11) is 0. The molecule has 1 heterocycles. The highest BCUT2D eigenvalue weighted by atomic mass is 32.1. The Balaban J connectivity index is 0.000000280. The molecule has 16 heavy (non-hydrogen) atoms. The molecule has 5 nitrogen and oxygen atoms in total. The van der Waals surface area contributed by atoms with Crippen molar-refractivity contribution < 1.29 is 4.79 Å². The summed E-state index contributed by atoms with van der Waals surface area (Å²) < 4.78 is 1.59. The number of nitrogens with zero attached hydrogens (tertiary/aromatic N) is 4. The molecule has 0 N–H and O–H groups in total. The van der Waals surface area contributed by atoms with Gasteiger partial charge < -0.3 is 0 Å². The van der Waals surface area contributed by atoms with E-state index in [0.717, 1.165) is 10.6 Å². The maximum Gasteiger partial charge on any atom is 0.182 e. The van der Waals surface area contributed by atoms with Crippen LogP contribution in [-0.2, 0) is 4.79 Å². The fourth-order valence-corrected chi connectivity index (χ4v) is 1.03. The molecule has 0 unspecified atom stereocenters. The van der Waals surface area contributed by atoms with Crippen molar-refractivity contribution in [3.05, 3.63) is 30.6 Å². The van der Waals surface area contributed by atoms with Gasteiger partial charge in [0.05, 0.1) is 5.69 Å². The summed E-state index contributed by atoms with van der Waals surface area (Å²) in [5.74, 6) is 0. The number of tetrazole rings is 1. The number of thiol groups is 2. The molecule has 0 spiro atoms. The molecule has 1 aromatic heterocycles. The fraction of sp³-hybridized carbons (Fsp3) is 0.111. The monoisotopic (exact) mass is 254 g/mol. The van der Waals surface area contributed by atoms with Gasteiger partial charge in [-0.25, -0.2) is 4.68 Å². The van der Waals surface area contributed by atoms with Gasteiger partial charge in [0.15, 0.2) is 5.12 Å². The van der Waals surface area contributed by atoms with Crippen molar-refractivity contribution in [1.82, 2.24) is 20.2 Å². The normalized spacial score (nSPS) is 9.19. The molecular formula is C9H10N4OS2. The van der Waals surface area contributed by atoms with Gasteiger partial charge >= 0.3 is 0 Å². The van der Waals surface area contributed by atoms with E-state index in [1.807, 2.05) is 24.3 Å². The summed E-state index contributed by atoms with van der Waals surface area (Å²) in [6.45, 7) is 1.39. The number of aromatic nitrogens is 4. The third-order valence-electron chi connectivity index (χ3n) is 1.46. The Morgan fingerprint density at radius 2 is 1.88 bits per heavy atom. The molecule has 0 saturated heterocycles. The third-order valence-corrected chi connectivity index (χ3v) is 1.76. The number of carbonyl (C=O) groups excluding carboxylic acids is 1. The molecule has 7 heteroatoms. The lowest BCUT2D eigenvalue weighted by Crippen LogP contribution is -1.93. The minimum absolute atomic E-state index is 0.139. The number of hydrogen-bond acceptors (Lipinski definition) is 5. The van der Waals surface area contributed by atoms with Crippen molar-refractivity contribution in [2.75, 3.05) is 0 Å². The highest BCUT2D eigenvalue weighted by Crippen LogP contribution is 2.09. The summed E-state index contributed by atoms with van der Waals surface area (Å²) in [5, 5.41) is 10.7. The zero-order valence-electron chi connectivity index (χ0n) is 8.48. The molecule has 0 bridgehead atoms. The van der Waals surface area contributed by atoms with Crippen molar-refractivity contribution >= 4 is 30.4 Å². The molecule has 0 atom stereocenters. The average Bonchev–Trinajstić information content (AvgIpc) is 2.71. The Hall–Kier alpha value is -1.34. The molecule has 1 aromatic carbocycles. The molecule has 0 aliphatic heterocycles. The SMILES string of the molecule is CC(=O)S.Sc1ccc(-n2cnnn2)cc1. The van der Waals surface area contributed by atoms with Crippen LogP contribution in [0.3, 0.4) is 0 Å². The van der Waals surface area contributed by atoms with Gasteiger partial charge in [-0.1, -0.05) is 0 Å². The van der Waals surface area contributed by atoms with Crippen molar-refractivity contribution in [1.29, 1.82) is 0 Å². The van der Waals surface area contributed by atoms with Gasteiger partial charge in [-0.3, -0.25) is 4.79 Å². The van der Waals surface area contributed by atoms with Crippen LogP contribution in [0.2, 0.25) is 0 Å². The Kier molecular flexibility index (Phi) is 5.00. The molecule has 0 saturated carbocycles. The van der Waals surface area contributed by atoms with Gasteiger partial charge in [0.1, 0.15) is 6.33 Å². The molecule has 2 aromatic rings. The highest BCUT2D eigenvalue weighted by molar-refractivity contribution is 7.96. The van der Waals surface area contributed by atoms with Crippen molar-refractivity contribution in [2.24, 2.45) is 0 Å². The maximum absolute atomic E-state index is 9.31. The first-order valence-corrected chi connectivity index (χ1v) is 5.21. The van der Waals surface area contributed by atoms with E-state index in [4.69, 9.17) is 0 Å². The van der Waals surface area contributed by atoms with E-state index >= 15 is 0 Å². The Labute approximate surface area is 104 Å². The van der Waals surface area contributed by atoms with Crippen molar-refractivity contribution in [2.45, 2.75) is 11.8 Å². The molecule has 84 valence electrons. The van der Waals surface area contributed by atoms with E-state index in [2.05, 4.69) is 40.8 Å². The number of carbonyl (C=O) groups is 1. The maximum atomic E-state index is 9.31. The van der Waals surface area contributed by atoms with Crippen LogP contribution < -0.4 is 0 Å². The lowest BCUT2D eigenvalue weighted by Gasteiger charge is -1.97. The van der Waals surface area contributed by atoms with Crippen LogP contribution in [0.5, 0.6) is 0 Å². The second-order valence-electron chi connectivity index (χ2n) is 2.79. The van der Waals surface area contributed by atoms with E-state index < -0.39 is 0 Å². The summed E-state index contributed by atoms with van der Waals surface area (Å²) in [6.07, 6.45) is 1.55. The lowest BCUT2D eigenvalue weighted by molar-refractivity contribution is -0.108. The van der Waals surface area contributed by atoms with E-state index in [-0.39, 0.29) is 5.12 Å². The van der Waals surface area contributed by atoms with Crippen molar-refractivity contribution in [3.63, 3.8) is 0 Å². The summed E-state index contributed by atoms with van der Waals surface area (Å²) >= 11 is 7.50. The molecule has 0 fully saturated rings. The van der Waals surface area contributed by atoms with E-state index in [1.54, 1.807) is 11.0 Å². The minimum atomic E-state index is -0.139. The van der Waals surface area contributed by atoms with Crippen LogP contribution in [0.25, 0.3) is 5.69 Å². The van der Waals surface area contributed by atoms with Crippen LogP contribution in [0, 0.1) is 0 Å². The standard InChI is InChI=1S/C7H6N4S.C2H4OS/c12-7-3-1-6(2-4-7)11-5-8-9-10-11;1-2(3)4/h1-5,12H;1H3,(H,3,4). The second-order valence-corrected chi connectivity index (χ2v) is 3.94. The van der Waals surface area contributed by atoms with E-state index in [1.165, 1.54) is 6.92 Å². The van der Waals surface area contributed by atoms with Crippen LogP contribution in [0.15, 0.2) is 35.5 Å². The Bertz CT molecular complexity index is 437. The van der Waals surface area contributed by atoms with Gasteiger partial charge in [0, 0.05) is 11.8 Å². The first kappa shape index (κ1) is 12.7.